The molecule has 0 fully saturated rings. The molecule has 0 aliphatic heterocycles. The van der Waals surface area contributed by atoms with Crippen LogP contribution >= 0.6 is 0 Å². The van der Waals surface area contributed by atoms with Crippen molar-refractivity contribution in [3.8, 4) is 0 Å². The number of imidazole rings is 1. The smallest absolute Gasteiger partial charge is 0.287 e. The van der Waals surface area contributed by atoms with E-state index in [1.165, 1.54) is 10.5 Å². The number of aromatic nitrogens is 2. The Hall–Kier alpha value is -3.29. The van der Waals surface area contributed by atoms with Crippen LogP contribution in [0.15, 0.2) is 42.6 Å². The van der Waals surface area contributed by atoms with Crippen LogP contribution < -0.4 is 10.6 Å². The highest BCUT2D eigenvalue weighted by Crippen LogP contribution is 2.17. The van der Waals surface area contributed by atoms with Gasteiger partial charge in [-0.15, -0.1) is 0 Å². The molecule has 2 aromatic heterocycles. The first kappa shape index (κ1) is 19.5. The number of amides is 2. The second-order valence-electron chi connectivity index (χ2n) is 6.76. The van der Waals surface area contributed by atoms with Crippen LogP contribution in [0.25, 0.3) is 5.52 Å². The molecule has 0 radical (unpaired) electrons. The number of carbonyl (C=O) groups excluding carboxylic acids is 2. The third-order valence-corrected chi connectivity index (χ3v) is 4.15. The van der Waals surface area contributed by atoms with Crippen LogP contribution in [0.3, 0.4) is 0 Å². The number of halogens is 2. The fraction of sp³-hybridized carbons (Fsp3) is 0.250. The average molecular weight is 386 g/mol. The zero-order valence-corrected chi connectivity index (χ0v) is 15.5. The van der Waals surface area contributed by atoms with Gasteiger partial charge in [0.15, 0.2) is 17.3 Å². The molecule has 0 unspecified atom stereocenters. The summed E-state index contributed by atoms with van der Waals surface area (Å²) in [5.74, 6) is -2.59. The molecular weight excluding hydrogens is 366 g/mol. The molecule has 0 bridgehead atoms. The third-order valence-electron chi connectivity index (χ3n) is 4.15. The molecule has 3 aromatic rings. The van der Waals surface area contributed by atoms with Crippen molar-refractivity contribution in [2.24, 2.45) is 5.92 Å². The van der Waals surface area contributed by atoms with E-state index in [4.69, 9.17) is 0 Å². The van der Waals surface area contributed by atoms with Gasteiger partial charge in [0, 0.05) is 24.5 Å². The SMILES string of the molecule is CC(C)CCNC(=O)c1nc(C(=O)Nc2ccc(F)c(F)c2)c2ccccn12. The number of anilines is 1. The fourth-order valence-electron chi connectivity index (χ4n) is 2.68. The predicted molar refractivity (Wildman–Crippen MR) is 101 cm³/mol. The maximum Gasteiger partial charge on any atom is 0.287 e. The molecule has 6 nitrogen and oxygen atoms in total. The van der Waals surface area contributed by atoms with Crippen LogP contribution in [-0.2, 0) is 0 Å². The zero-order valence-electron chi connectivity index (χ0n) is 15.5. The number of rotatable bonds is 6. The van der Waals surface area contributed by atoms with Crippen LogP contribution in [0, 0.1) is 17.6 Å². The van der Waals surface area contributed by atoms with Crippen molar-refractivity contribution >= 4 is 23.0 Å². The maximum atomic E-state index is 13.4. The number of hydrogen-bond donors (Lipinski definition) is 2. The molecule has 0 saturated carbocycles. The van der Waals surface area contributed by atoms with E-state index in [0.29, 0.717) is 18.0 Å². The first-order chi connectivity index (χ1) is 13.4. The summed E-state index contributed by atoms with van der Waals surface area (Å²) in [4.78, 5) is 29.3. The lowest BCUT2D eigenvalue weighted by atomic mass is 10.1. The largest absolute Gasteiger partial charge is 0.349 e. The maximum absolute atomic E-state index is 13.4. The van der Waals surface area contributed by atoms with E-state index in [0.717, 1.165) is 18.6 Å². The molecule has 2 heterocycles. The van der Waals surface area contributed by atoms with E-state index >= 15 is 0 Å². The van der Waals surface area contributed by atoms with Gasteiger partial charge < -0.3 is 10.6 Å². The Morgan fingerprint density at radius 2 is 1.89 bits per heavy atom. The lowest BCUT2D eigenvalue weighted by Gasteiger charge is -2.06. The van der Waals surface area contributed by atoms with Gasteiger partial charge in [0.05, 0.1) is 5.52 Å². The highest BCUT2D eigenvalue weighted by atomic mass is 19.2. The summed E-state index contributed by atoms with van der Waals surface area (Å²) >= 11 is 0. The van der Waals surface area contributed by atoms with Crippen molar-refractivity contribution in [1.82, 2.24) is 14.7 Å². The van der Waals surface area contributed by atoms with Crippen LogP contribution in [0.4, 0.5) is 14.5 Å². The van der Waals surface area contributed by atoms with Gasteiger partial charge >= 0.3 is 0 Å². The Kier molecular flexibility index (Phi) is 5.67. The monoisotopic (exact) mass is 386 g/mol. The summed E-state index contributed by atoms with van der Waals surface area (Å²) in [6, 6.07) is 8.13. The minimum Gasteiger partial charge on any atom is -0.349 e. The van der Waals surface area contributed by atoms with E-state index in [1.807, 2.05) is 0 Å². The first-order valence-electron chi connectivity index (χ1n) is 8.88. The van der Waals surface area contributed by atoms with Gasteiger partial charge in [-0.1, -0.05) is 19.9 Å². The van der Waals surface area contributed by atoms with Gasteiger partial charge in [-0.2, -0.15) is 0 Å². The molecule has 2 amide bonds. The summed E-state index contributed by atoms with van der Waals surface area (Å²) in [7, 11) is 0. The third kappa shape index (κ3) is 4.16. The fourth-order valence-corrected chi connectivity index (χ4v) is 2.68. The number of benzene rings is 1. The summed E-state index contributed by atoms with van der Waals surface area (Å²) < 4.78 is 28.0. The molecule has 28 heavy (non-hydrogen) atoms. The number of fused-ring (bicyclic) bond motifs is 1. The summed E-state index contributed by atoms with van der Waals surface area (Å²) in [6.07, 6.45) is 2.45. The van der Waals surface area contributed by atoms with Gasteiger partial charge in [-0.25, -0.2) is 13.8 Å². The number of carbonyl (C=O) groups is 2. The molecule has 2 N–H and O–H groups in total. The Labute approximate surface area is 160 Å². The standard InChI is InChI=1S/C20H20F2N4O2/c1-12(2)8-9-23-20(28)18-25-17(16-5-3-4-10-26(16)18)19(27)24-13-6-7-14(21)15(22)11-13/h3-7,10-12H,8-9H2,1-2H3,(H,23,28)(H,24,27). The predicted octanol–water partition coefficient (Wildman–Crippen LogP) is 3.64. The zero-order chi connectivity index (χ0) is 20.3. The minimum atomic E-state index is -1.07. The average Bonchev–Trinajstić information content (AvgIpc) is 3.04. The second-order valence-corrected chi connectivity index (χ2v) is 6.76. The Morgan fingerprint density at radius 1 is 1.11 bits per heavy atom. The Morgan fingerprint density at radius 3 is 2.61 bits per heavy atom. The topological polar surface area (TPSA) is 75.5 Å². The van der Waals surface area contributed by atoms with Gasteiger partial charge in [0.1, 0.15) is 0 Å². The van der Waals surface area contributed by atoms with Crippen LogP contribution in [0.2, 0.25) is 0 Å². The van der Waals surface area contributed by atoms with Crippen molar-refractivity contribution in [2.45, 2.75) is 20.3 Å². The van der Waals surface area contributed by atoms with Crippen molar-refractivity contribution in [3.63, 3.8) is 0 Å². The molecule has 0 saturated heterocycles. The van der Waals surface area contributed by atoms with Crippen LogP contribution in [0.5, 0.6) is 0 Å². The van der Waals surface area contributed by atoms with Crippen LogP contribution in [-0.4, -0.2) is 27.7 Å². The van der Waals surface area contributed by atoms with Crippen molar-refractivity contribution < 1.29 is 18.4 Å². The van der Waals surface area contributed by atoms with Crippen LogP contribution in [0.1, 0.15) is 41.4 Å². The van der Waals surface area contributed by atoms with Crippen molar-refractivity contribution in [2.75, 3.05) is 11.9 Å². The molecule has 0 atom stereocenters. The molecule has 0 aliphatic rings. The second kappa shape index (κ2) is 8.16. The number of hydrogen-bond acceptors (Lipinski definition) is 3. The minimum absolute atomic E-state index is 0.0133. The van der Waals surface area contributed by atoms with E-state index in [-0.39, 0.29) is 17.2 Å². The molecule has 1 aromatic carbocycles. The quantitative estimate of drug-likeness (QED) is 0.679. The molecule has 8 heteroatoms. The lowest BCUT2D eigenvalue weighted by molar-refractivity contribution is 0.0941. The summed E-state index contributed by atoms with van der Waals surface area (Å²) in [5.41, 5.74) is 0.528. The highest BCUT2D eigenvalue weighted by Gasteiger charge is 2.21. The normalized spacial score (nSPS) is 11.0. The summed E-state index contributed by atoms with van der Waals surface area (Å²) in [5, 5.41) is 5.27. The van der Waals surface area contributed by atoms with Crippen molar-refractivity contribution in [1.29, 1.82) is 0 Å². The number of pyridine rings is 1. The molecule has 146 valence electrons. The highest BCUT2D eigenvalue weighted by molar-refractivity contribution is 6.08. The van der Waals surface area contributed by atoms with Gasteiger partial charge in [0.25, 0.3) is 11.8 Å². The lowest BCUT2D eigenvalue weighted by Crippen LogP contribution is -2.27. The van der Waals surface area contributed by atoms with Gasteiger partial charge in [0.2, 0.25) is 5.82 Å². The van der Waals surface area contributed by atoms with Gasteiger partial charge in [-0.3, -0.25) is 14.0 Å². The van der Waals surface area contributed by atoms with Crippen molar-refractivity contribution in [3.05, 3.63) is 65.7 Å². The molecule has 0 aliphatic carbocycles. The summed E-state index contributed by atoms with van der Waals surface area (Å²) in [6.45, 7) is 4.60. The Balaban J connectivity index is 1.87. The Bertz CT molecular complexity index is 1030. The van der Waals surface area contributed by atoms with E-state index in [9.17, 15) is 18.4 Å². The molecule has 3 rings (SSSR count). The van der Waals surface area contributed by atoms with E-state index in [1.54, 1.807) is 24.4 Å². The molecule has 0 spiro atoms. The number of nitrogens with zero attached hydrogens (tertiary/aromatic N) is 2. The first-order valence-corrected chi connectivity index (χ1v) is 8.88. The van der Waals surface area contributed by atoms with Gasteiger partial charge in [-0.05, 0) is 36.6 Å². The van der Waals surface area contributed by atoms with E-state index in [2.05, 4.69) is 29.5 Å². The molecular formula is C20H20F2N4O2. The van der Waals surface area contributed by atoms with E-state index < -0.39 is 23.4 Å². The number of nitrogens with one attached hydrogen (secondary N) is 2.